The van der Waals surface area contributed by atoms with E-state index in [1.165, 1.54) is 0 Å². The van der Waals surface area contributed by atoms with E-state index < -0.39 is 0 Å². The number of rotatable bonds is 2. The molecular weight excluding hydrogens is 174 g/mol. The Morgan fingerprint density at radius 3 is 2.79 bits per heavy atom. The molecule has 2 heteroatoms. The van der Waals surface area contributed by atoms with Crippen LogP contribution in [0.2, 0.25) is 0 Å². The Labute approximate surface area is 83.5 Å². The lowest BCUT2D eigenvalue weighted by Crippen LogP contribution is -1.88. The van der Waals surface area contributed by atoms with Gasteiger partial charge >= 0.3 is 0 Å². The summed E-state index contributed by atoms with van der Waals surface area (Å²) in [4.78, 5) is 4.51. The molecule has 0 spiro atoms. The second kappa shape index (κ2) is 3.66. The maximum absolute atomic E-state index is 5.15. The molecule has 0 atom stereocenters. The number of fused-ring (bicyclic) bond motifs is 1. The zero-order valence-corrected chi connectivity index (χ0v) is 8.45. The van der Waals surface area contributed by atoms with Crippen LogP contribution >= 0.6 is 0 Å². The monoisotopic (exact) mass is 187 g/mol. The van der Waals surface area contributed by atoms with Gasteiger partial charge in [-0.3, -0.25) is 4.98 Å². The summed E-state index contributed by atoms with van der Waals surface area (Å²) in [7, 11) is 1.68. The highest BCUT2D eigenvalue weighted by atomic mass is 16.5. The summed E-state index contributed by atoms with van der Waals surface area (Å²) in [5.41, 5.74) is 2.16. The molecule has 0 fully saturated rings. The summed E-state index contributed by atoms with van der Waals surface area (Å²) in [6.45, 7) is 2.11. The summed E-state index contributed by atoms with van der Waals surface area (Å²) in [6.07, 6.45) is 0.974. The van der Waals surface area contributed by atoms with Crippen LogP contribution in [0.25, 0.3) is 10.9 Å². The number of nitrogens with zero attached hydrogens (tertiary/aromatic N) is 1. The Bertz CT molecular complexity index is 408. The van der Waals surface area contributed by atoms with Crippen molar-refractivity contribution in [3.63, 3.8) is 0 Å². The van der Waals surface area contributed by atoms with E-state index >= 15 is 0 Å². The van der Waals surface area contributed by atoms with Crippen LogP contribution in [0.3, 0.4) is 0 Å². The SMILES string of the molecule is CCc1ccc2cc(OC)ccc2n1. The Morgan fingerprint density at radius 2 is 2.07 bits per heavy atom. The van der Waals surface area contributed by atoms with Crippen LogP contribution in [-0.2, 0) is 6.42 Å². The van der Waals surface area contributed by atoms with E-state index in [9.17, 15) is 0 Å². The van der Waals surface area contributed by atoms with Crippen LogP contribution in [0.1, 0.15) is 12.6 Å². The molecule has 0 N–H and O–H groups in total. The van der Waals surface area contributed by atoms with Crippen LogP contribution in [0.4, 0.5) is 0 Å². The minimum absolute atomic E-state index is 0.878. The number of aromatic nitrogens is 1. The second-order valence-electron chi connectivity index (χ2n) is 3.21. The van der Waals surface area contributed by atoms with E-state index in [2.05, 4.69) is 24.0 Å². The van der Waals surface area contributed by atoms with Crippen molar-refractivity contribution in [2.24, 2.45) is 0 Å². The topological polar surface area (TPSA) is 22.1 Å². The van der Waals surface area contributed by atoms with Gasteiger partial charge in [-0.25, -0.2) is 0 Å². The van der Waals surface area contributed by atoms with Crippen molar-refractivity contribution in [3.8, 4) is 5.75 Å². The second-order valence-corrected chi connectivity index (χ2v) is 3.21. The molecule has 0 aliphatic rings. The number of ether oxygens (including phenoxy) is 1. The van der Waals surface area contributed by atoms with Gasteiger partial charge in [-0.15, -0.1) is 0 Å². The van der Waals surface area contributed by atoms with Gasteiger partial charge in [0.2, 0.25) is 0 Å². The molecule has 0 radical (unpaired) electrons. The van der Waals surface area contributed by atoms with E-state index in [1.54, 1.807) is 7.11 Å². The van der Waals surface area contributed by atoms with E-state index in [0.717, 1.165) is 28.8 Å². The Hall–Kier alpha value is -1.57. The fourth-order valence-corrected chi connectivity index (χ4v) is 1.47. The van der Waals surface area contributed by atoms with Crippen LogP contribution in [0.5, 0.6) is 5.75 Å². The summed E-state index contributed by atoms with van der Waals surface area (Å²) < 4.78 is 5.15. The molecule has 14 heavy (non-hydrogen) atoms. The van der Waals surface area contributed by atoms with Crippen molar-refractivity contribution in [3.05, 3.63) is 36.0 Å². The molecule has 0 aliphatic heterocycles. The molecule has 0 bridgehead atoms. The molecule has 2 aromatic rings. The molecule has 0 saturated heterocycles. The Kier molecular flexibility index (Phi) is 2.35. The summed E-state index contributed by atoms with van der Waals surface area (Å²) in [5.74, 6) is 0.878. The Morgan fingerprint density at radius 1 is 1.21 bits per heavy atom. The third kappa shape index (κ3) is 1.55. The van der Waals surface area contributed by atoms with E-state index in [1.807, 2.05) is 18.2 Å². The van der Waals surface area contributed by atoms with Crippen LogP contribution in [0, 0.1) is 0 Å². The largest absolute Gasteiger partial charge is 0.497 e. The summed E-state index contributed by atoms with van der Waals surface area (Å²) in [5, 5.41) is 1.13. The van der Waals surface area contributed by atoms with Crippen LogP contribution in [-0.4, -0.2) is 12.1 Å². The van der Waals surface area contributed by atoms with E-state index in [-0.39, 0.29) is 0 Å². The molecule has 1 heterocycles. The number of hydrogen-bond donors (Lipinski definition) is 0. The van der Waals surface area contributed by atoms with Gasteiger partial charge < -0.3 is 4.74 Å². The van der Waals surface area contributed by atoms with Gasteiger partial charge in [-0.05, 0) is 30.7 Å². The zero-order valence-electron chi connectivity index (χ0n) is 8.45. The van der Waals surface area contributed by atoms with E-state index in [0.29, 0.717) is 0 Å². The highest BCUT2D eigenvalue weighted by Crippen LogP contribution is 2.19. The Balaban J connectivity index is 2.57. The van der Waals surface area contributed by atoms with E-state index in [4.69, 9.17) is 4.74 Å². The molecular formula is C12H13NO. The number of pyridine rings is 1. The van der Waals surface area contributed by atoms with Crippen molar-refractivity contribution in [2.45, 2.75) is 13.3 Å². The third-order valence-corrected chi connectivity index (χ3v) is 2.32. The van der Waals surface area contributed by atoms with Crippen LogP contribution < -0.4 is 4.74 Å². The standard InChI is InChI=1S/C12H13NO/c1-3-10-5-4-9-8-11(14-2)6-7-12(9)13-10/h4-8H,3H2,1-2H3. The van der Waals surface area contributed by atoms with Gasteiger partial charge in [-0.2, -0.15) is 0 Å². The van der Waals surface area contributed by atoms with Crippen molar-refractivity contribution in [2.75, 3.05) is 7.11 Å². The highest BCUT2D eigenvalue weighted by molar-refractivity contribution is 5.80. The lowest BCUT2D eigenvalue weighted by atomic mass is 10.2. The fourth-order valence-electron chi connectivity index (χ4n) is 1.47. The van der Waals surface area contributed by atoms with Gasteiger partial charge in [0.1, 0.15) is 5.75 Å². The molecule has 1 aromatic carbocycles. The predicted molar refractivity (Wildman–Crippen MR) is 57.7 cm³/mol. The number of hydrogen-bond acceptors (Lipinski definition) is 2. The minimum atomic E-state index is 0.878. The van der Waals surface area contributed by atoms with Crippen molar-refractivity contribution >= 4 is 10.9 Å². The van der Waals surface area contributed by atoms with Crippen molar-refractivity contribution < 1.29 is 4.74 Å². The lowest BCUT2D eigenvalue weighted by molar-refractivity contribution is 0.415. The quantitative estimate of drug-likeness (QED) is 0.721. The molecule has 0 unspecified atom stereocenters. The van der Waals surface area contributed by atoms with Crippen LogP contribution in [0.15, 0.2) is 30.3 Å². The molecule has 0 aliphatic carbocycles. The lowest BCUT2D eigenvalue weighted by Gasteiger charge is -2.03. The molecule has 2 nitrogen and oxygen atoms in total. The number of benzene rings is 1. The molecule has 1 aromatic heterocycles. The number of aryl methyl sites for hydroxylation is 1. The smallest absolute Gasteiger partial charge is 0.119 e. The first-order valence-electron chi connectivity index (χ1n) is 4.77. The molecule has 0 amide bonds. The fraction of sp³-hybridized carbons (Fsp3) is 0.250. The van der Waals surface area contributed by atoms with Gasteiger partial charge in [0.15, 0.2) is 0 Å². The van der Waals surface area contributed by atoms with Gasteiger partial charge in [-0.1, -0.05) is 13.0 Å². The maximum atomic E-state index is 5.15. The first-order chi connectivity index (χ1) is 6.83. The first kappa shape index (κ1) is 9.00. The van der Waals surface area contributed by atoms with Crippen molar-refractivity contribution in [1.29, 1.82) is 0 Å². The molecule has 72 valence electrons. The van der Waals surface area contributed by atoms with Gasteiger partial charge in [0, 0.05) is 11.1 Å². The third-order valence-electron chi connectivity index (χ3n) is 2.32. The predicted octanol–water partition coefficient (Wildman–Crippen LogP) is 2.81. The number of methoxy groups -OCH3 is 1. The average molecular weight is 187 g/mol. The zero-order chi connectivity index (χ0) is 9.97. The molecule has 0 saturated carbocycles. The van der Waals surface area contributed by atoms with Crippen molar-refractivity contribution in [1.82, 2.24) is 4.98 Å². The highest BCUT2D eigenvalue weighted by Gasteiger charge is 1.98. The maximum Gasteiger partial charge on any atom is 0.119 e. The van der Waals surface area contributed by atoms with Gasteiger partial charge in [0.25, 0.3) is 0 Å². The summed E-state index contributed by atoms with van der Waals surface area (Å²) >= 11 is 0. The summed E-state index contributed by atoms with van der Waals surface area (Å²) in [6, 6.07) is 10.1. The van der Waals surface area contributed by atoms with Gasteiger partial charge in [0.05, 0.1) is 12.6 Å². The molecule has 2 rings (SSSR count). The average Bonchev–Trinajstić information content (AvgIpc) is 2.27. The first-order valence-corrected chi connectivity index (χ1v) is 4.77. The normalized spacial score (nSPS) is 10.4. The minimum Gasteiger partial charge on any atom is -0.497 e.